The van der Waals surface area contributed by atoms with Crippen LogP contribution in [0.25, 0.3) is 0 Å². The van der Waals surface area contributed by atoms with Gasteiger partial charge in [-0.25, -0.2) is 0 Å². The molecule has 1 aromatic rings. The lowest BCUT2D eigenvalue weighted by Gasteiger charge is -2.42. The molecule has 2 aliphatic heterocycles. The van der Waals surface area contributed by atoms with Crippen molar-refractivity contribution in [2.45, 2.75) is 68.3 Å². The van der Waals surface area contributed by atoms with Crippen LogP contribution in [0.5, 0.6) is 17.2 Å². The molecule has 3 rings (SSSR count). The summed E-state index contributed by atoms with van der Waals surface area (Å²) in [5, 5.41) is 70.3. The molecule has 34 heavy (non-hydrogen) atoms. The number of aryl methyl sites for hydroxylation is 1. The molecule has 0 unspecified atom stereocenters. The third kappa shape index (κ3) is 5.39. The molecule has 13 nitrogen and oxygen atoms in total. The number of aliphatic hydroxyl groups excluding tert-OH is 7. The van der Waals surface area contributed by atoms with Gasteiger partial charge in [0.25, 0.3) is 0 Å². The van der Waals surface area contributed by atoms with Gasteiger partial charge in [0.05, 0.1) is 27.4 Å². The third-order valence-electron chi connectivity index (χ3n) is 5.78. The van der Waals surface area contributed by atoms with Crippen LogP contribution in [-0.4, -0.2) is 125 Å². The van der Waals surface area contributed by atoms with Crippen molar-refractivity contribution in [3.05, 3.63) is 17.7 Å². The Hall–Kier alpha value is -1.78. The molecule has 0 radical (unpaired) electrons. The van der Waals surface area contributed by atoms with Crippen LogP contribution in [0.1, 0.15) is 5.56 Å². The van der Waals surface area contributed by atoms with Gasteiger partial charge in [0.15, 0.2) is 17.8 Å². The normalized spacial score (nSPS) is 38.4. The lowest BCUT2D eigenvalue weighted by atomic mass is 9.98. The third-order valence-corrected chi connectivity index (χ3v) is 5.78. The molecule has 2 aliphatic rings. The highest BCUT2D eigenvalue weighted by atomic mass is 16.7. The minimum absolute atomic E-state index is 0.0943. The predicted octanol–water partition coefficient (Wildman–Crippen LogP) is -2.98. The average molecular weight is 492 g/mol. The second-order valence-electron chi connectivity index (χ2n) is 8.16. The zero-order valence-electron chi connectivity index (χ0n) is 18.9. The maximum atomic E-state index is 10.4. The van der Waals surface area contributed by atoms with Gasteiger partial charge in [0.1, 0.15) is 48.8 Å². The highest BCUT2D eigenvalue weighted by molar-refractivity contribution is 5.53. The first-order valence-corrected chi connectivity index (χ1v) is 10.6. The molecule has 0 bridgehead atoms. The van der Waals surface area contributed by atoms with Gasteiger partial charge in [-0.05, 0) is 24.6 Å². The van der Waals surface area contributed by atoms with Gasteiger partial charge in [-0.3, -0.25) is 0 Å². The van der Waals surface area contributed by atoms with Gasteiger partial charge in [-0.15, -0.1) is 0 Å². The number of hydrogen-bond acceptors (Lipinski definition) is 13. The molecule has 0 spiro atoms. The summed E-state index contributed by atoms with van der Waals surface area (Å²) in [6.07, 6.45) is -15.3. The van der Waals surface area contributed by atoms with E-state index < -0.39 is 74.6 Å². The van der Waals surface area contributed by atoms with Crippen LogP contribution in [0.3, 0.4) is 0 Å². The van der Waals surface area contributed by atoms with Crippen LogP contribution in [0, 0.1) is 6.92 Å². The Morgan fingerprint density at radius 1 is 0.735 bits per heavy atom. The Labute approximate surface area is 195 Å². The maximum absolute atomic E-state index is 10.4. The Kier molecular flexibility index (Phi) is 8.92. The maximum Gasteiger partial charge on any atom is 0.229 e. The van der Waals surface area contributed by atoms with Crippen LogP contribution in [0.15, 0.2) is 12.1 Å². The molecular weight excluding hydrogens is 460 g/mol. The quantitative estimate of drug-likeness (QED) is 0.194. The largest absolute Gasteiger partial charge is 0.493 e. The van der Waals surface area contributed by atoms with E-state index >= 15 is 0 Å². The summed E-state index contributed by atoms with van der Waals surface area (Å²) in [7, 11) is 2.82. The lowest BCUT2D eigenvalue weighted by Crippen LogP contribution is -2.62. The van der Waals surface area contributed by atoms with Crippen molar-refractivity contribution in [3.63, 3.8) is 0 Å². The first-order chi connectivity index (χ1) is 16.1. The zero-order chi connectivity index (χ0) is 25.2. The van der Waals surface area contributed by atoms with E-state index in [9.17, 15) is 35.7 Å². The second-order valence-corrected chi connectivity index (χ2v) is 8.16. The van der Waals surface area contributed by atoms with Gasteiger partial charge in [-0.2, -0.15) is 0 Å². The summed E-state index contributed by atoms with van der Waals surface area (Å²) < 4.78 is 32.7. The van der Waals surface area contributed by atoms with E-state index in [-0.39, 0.29) is 17.2 Å². The van der Waals surface area contributed by atoms with Crippen LogP contribution in [0.4, 0.5) is 0 Å². The molecule has 10 atom stereocenters. The van der Waals surface area contributed by atoms with Crippen molar-refractivity contribution in [1.29, 1.82) is 0 Å². The van der Waals surface area contributed by atoms with Crippen molar-refractivity contribution >= 4 is 0 Å². The number of methoxy groups -OCH3 is 2. The highest BCUT2D eigenvalue weighted by Gasteiger charge is 2.48. The predicted molar refractivity (Wildman–Crippen MR) is 111 cm³/mol. The van der Waals surface area contributed by atoms with E-state index in [2.05, 4.69) is 0 Å². The van der Waals surface area contributed by atoms with Crippen molar-refractivity contribution in [1.82, 2.24) is 0 Å². The van der Waals surface area contributed by atoms with Crippen molar-refractivity contribution in [2.75, 3.05) is 27.4 Å². The molecule has 0 saturated carbocycles. The number of ether oxygens (including phenoxy) is 6. The minimum atomic E-state index is -1.69. The first-order valence-electron chi connectivity index (χ1n) is 10.6. The van der Waals surface area contributed by atoms with Crippen LogP contribution in [-0.2, 0) is 14.2 Å². The molecule has 1 aromatic carbocycles. The molecule has 2 heterocycles. The summed E-state index contributed by atoms with van der Waals surface area (Å²) in [5.74, 6) is 0.654. The number of hydrogen-bond donors (Lipinski definition) is 7. The van der Waals surface area contributed by atoms with E-state index in [0.717, 1.165) is 5.56 Å². The fourth-order valence-electron chi connectivity index (χ4n) is 3.79. The molecule has 0 amide bonds. The molecule has 194 valence electrons. The summed E-state index contributed by atoms with van der Waals surface area (Å²) in [5.41, 5.74) is 0.812. The molecule has 2 fully saturated rings. The summed E-state index contributed by atoms with van der Waals surface area (Å²) in [6.45, 7) is 0.692. The molecule has 0 aromatic heterocycles. The Balaban J connectivity index is 1.73. The van der Waals surface area contributed by atoms with Crippen molar-refractivity contribution in [2.24, 2.45) is 0 Å². The van der Waals surface area contributed by atoms with Crippen LogP contribution in [0.2, 0.25) is 0 Å². The summed E-state index contributed by atoms with van der Waals surface area (Å²) in [4.78, 5) is 0. The van der Waals surface area contributed by atoms with Crippen LogP contribution < -0.4 is 14.2 Å². The Morgan fingerprint density at radius 3 is 1.76 bits per heavy atom. The second kappa shape index (κ2) is 11.3. The fourth-order valence-corrected chi connectivity index (χ4v) is 3.79. The smallest absolute Gasteiger partial charge is 0.229 e. The highest BCUT2D eigenvalue weighted by Crippen LogP contribution is 2.40. The molecule has 13 heteroatoms. The number of rotatable bonds is 8. The van der Waals surface area contributed by atoms with E-state index in [0.29, 0.717) is 0 Å². The molecular formula is C21H32O13. The van der Waals surface area contributed by atoms with E-state index in [1.807, 2.05) is 6.92 Å². The summed E-state index contributed by atoms with van der Waals surface area (Å²) in [6, 6.07) is 3.33. The van der Waals surface area contributed by atoms with Crippen molar-refractivity contribution in [3.8, 4) is 17.2 Å². The fraction of sp³-hybridized carbons (Fsp3) is 0.714. The number of aliphatic hydroxyl groups is 7. The van der Waals surface area contributed by atoms with Crippen LogP contribution >= 0.6 is 0 Å². The van der Waals surface area contributed by atoms with Crippen molar-refractivity contribution < 1.29 is 64.2 Å². The molecule has 2 saturated heterocycles. The first kappa shape index (κ1) is 26.8. The average Bonchev–Trinajstić information content (AvgIpc) is 2.83. The monoisotopic (exact) mass is 492 g/mol. The van der Waals surface area contributed by atoms with E-state index in [1.54, 1.807) is 12.1 Å². The van der Waals surface area contributed by atoms with Gasteiger partial charge in [0.2, 0.25) is 12.0 Å². The van der Waals surface area contributed by atoms with Gasteiger partial charge < -0.3 is 64.2 Å². The zero-order valence-corrected chi connectivity index (χ0v) is 18.9. The van der Waals surface area contributed by atoms with Gasteiger partial charge >= 0.3 is 0 Å². The van der Waals surface area contributed by atoms with E-state index in [4.69, 9.17) is 28.4 Å². The Morgan fingerprint density at radius 2 is 1.24 bits per heavy atom. The van der Waals surface area contributed by atoms with Gasteiger partial charge in [-0.1, -0.05) is 0 Å². The van der Waals surface area contributed by atoms with E-state index in [1.165, 1.54) is 14.2 Å². The van der Waals surface area contributed by atoms with Gasteiger partial charge in [0, 0.05) is 0 Å². The summed E-state index contributed by atoms with van der Waals surface area (Å²) >= 11 is 0. The SMILES string of the molecule is COc1cc(C)cc(OC)c1O[C@@H]1O[C@H](CO[C@@H]2O[C@H](CO)[C@@H](O)[C@H](O)[C@H]2O)[C@@H](O)[C@H](O)[C@H]1O. The Bertz CT molecular complexity index is 780. The topological polar surface area (TPSA) is 197 Å². The molecule has 0 aliphatic carbocycles. The molecule has 7 N–H and O–H groups in total. The minimum Gasteiger partial charge on any atom is -0.493 e. The number of benzene rings is 1. The lowest BCUT2D eigenvalue weighted by molar-refractivity contribution is -0.323. The standard InChI is InChI=1S/C21H32O13/c1-8-4-9(29-2)19(10(5-8)30-3)34-21-18(28)16(26)14(24)12(33-21)7-31-20-17(27)15(25)13(23)11(6-22)32-20/h4-5,11-18,20-28H,6-7H2,1-3H3/t11-,12-,13-,14-,15+,16+,17-,18-,20-,21+/m1/s1.